The van der Waals surface area contributed by atoms with Gasteiger partial charge in [0.05, 0.1) is 0 Å². The Morgan fingerprint density at radius 3 is 2.33 bits per heavy atom. The second kappa shape index (κ2) is 10.1. The monoisotopic (exact) mass is 133 g/mol. The van der Waals surface area contributed by atoms with Crippen LogP contribution in [0.3, 0.4) is 0 Å². The van der Waals surface area contributed by atoms with Crippen LogP contribution in [0.25, 0.3) is 0 Å². The summed E-state index contributed by atoms with van der Waals surface area (Å²) in [5.41, 5.74) is 0. The molecule has 0 saturated carbocycles. The first-order chi connectivity index (χ1) is 4.31. The number of amides is 1. The van der Waals surface area contributed by atoms with E-state index < -0.39 is 0 Å². The molecule has 1 amide bonds. The lowest BCUT2D eigenvalue weighted by atomic mass is 10.6. The van der Waals surface area contributed by atoms with Crippen molar-refractivity contribution in [3.8, 4) is 0 Å². The molecular formula is C4H11N3O2. The third-order valence-electron chi connectivity index (χ3n) is 0.439. The van der Waals surface area contributed by atoms with Gasteiger partial charge in [-0.2, -0.15) is 0 Å². The van der Waals surface area contributed by atoms with Crippen LogP contribution in [0, 0.1) is 0 Å². The Kier molecular flexibility index (Phi) is 12.4. The Balaban J connectivity index is 0. The van der Waals surface area contributed by atoms with Crippen molar-refractivity contribution in [1.82, 2.24) is 5.32 Å². The van der Waals surface area contributed by atoms with Crippen LogP contribution in [0.4, 0.5) is 0 Å². The normalized spacial score (nSPS) is 6.56. The molecular weight excluding hydrogens is 122 g/mol. The van der Waals surface area contributed by atoms with Gasteiger partial charge in [-0.1, -0.05) is 6.58 Å². The minimum Gasteiger partial charge on any atom is -0.376 e. The largest absolute Gasteiger partial charge is 0.376 e. The zero-order valence-electron chi connectivity index (χ0n) is 5.00. The van der Waals surface area contributed by atoms with E-state index in [0.717, 1.165) is 6.08 Å². The van der Waals surface area contributed by atoms with E-state index in [1.54, 1.807) is 0 Å². The Morgan fingerprint density at radius 2 is 2.22 bits per heavy atom. The van der Waals surface area contributed by atoms with E-state index in [2.05, 4.69) is 23.6 Å². The molecule has 0 rings (SSSR count). The summed E-state index contributed by atoms with van der Waals surface area (Å²) in [7, 11) is 0. The van der Waals surface area contributed by atoms with E-state index in [4.69, 9.17) is 5.11 Å². The van der Waals surface area contributed by atoms with Crippen molar-refractivity contribution < 1.29 is 9.90 Å². The Bertz CT molecular complexity index is 83.9. The zero-order valence-corrected chi connectivity index (χ0v) is 5.00. The van der Waals surface area contributed by atoms with Crippen molar-refractivity contribution in [1.29, 1.82) is 0 Å². The molecule has 9 heavy (non-hydrogen) atoms. The smallest absolute Gasteiger partial charge is 0.245 e. The number of hydrazine groups is 1. The summed E-state index contributed by atoms with van der Waals surface area (Å²) in [4.78, 5) is 10.0. The minimum absolute atomic E-state index is 0.329. The van der Waals surface area contributed by atoms with Crippen molar-refractivity contribution in [2.75, 3.05) is 6.73 Å². The molecule has 5 nitrogen and oxygen atoms in total. The van der Waals surface area contributed by atoms with E-state index in [1.807, 2.05) is 0 Å². The molecule has 0 bridgehead atoms. The SMILES string of the molecule is C=CC(=O)NCO.NN. The number of aliphatic hydroxyl groups excluding tert-OH is 1. The van der Waals surface area contributed by atoms with Gasteiger partial charge in [0.2, 0.25) is 5.91 Å². The highest BCUT2D eigenvalue weighted by molar-refractivity contribution is 5.86. The van der Waals surface area contributed by atoms with Crippen LogP contribution in [0.2, 0.25) is 0 Å². The van der Waals surface area contributed by atoms with Gasteiger partial charge in [0.25, 0.3) is 0 Å². The first-order valence-electron chi connectivity index (χ1n) is 2.15. The van der Waals surface area contributed by atoms with Crippen LogP contribution in [0.5, 0.6) is 0 Å². The van der Waals surface area contributed by atoms with Gasteiger partial charge in [-0.25, -0.2) is 0 Å². The molecule has 0 aromatic rings. The van der Waals surface area contributed by atoms with E-state index in [1.165, 1.54) is 0 Å². The van der Waals surface area contributed by atoms with Crippen molar-refractivity contribution in [3.63, 3.8) is 0 Å². The summed E-state index contributed by atoms with van der Waals surface area (Å²) in [6.45, 7) is 2.83. The van der Waals surface area contributed by atoms with Gasteiger partial charge in [0.15, 0.2) is 0 Å². The third kappa shape index (κ3) is 11.0. The van der Waals surface area contributed by atoms with Gasteiger partial charge >= 0.3 is 0 Å². The maximum atomic E-state index is 10.0. The zero-order chi connectivity index (χ0) is 7.70. The summed E-state index contributed by atoms with van der Waals surface area (Å²) in [6.07, 6.45) is 1.09. The highest BCUT2D eigenvalue weighted by atomic mass is 16.3. The van der Waals surface area contributed by atoms with Crippen molar-refractivity contribution in [3.05, 3.63) is 12.7 Å². The molecule has 54 valence electrons. The van der Waals surface area contributed by atoms with Gasteiger partial charge < -0.3 is 10.4 Å². The van der Waals surface area contributed by atoms with Crippen LogP contribution >= 0.6 is 0 Å². The average Bonchev–Trinajstić information content (AvgIpc) is 1.93. The fourth-order valence-corrected chi connectivity index (χ4v) is 0.150. The van der Waals surface area contributed by atoms with Crippen LogP contribution in [-0.2, 0) is 4.79 Å². The van der Waals surface area contributed by atoms with Crippen molar-refractivity contribution >= 4 is 5.91 Å². The maximum Gasteiger partial charge on any atom is 0.245 e. The fourth-order valence-electron chi connectivity index (χ4n) is 0.150. The number of nitrogens with two attached hydrogens (primary N) is 2. The molecule has 0 fully saturated rings. The summed E-state index contributed by atoms with van der Waals surface area (Å²) >= 11 is 0. The number of rotatable bonds is 2. The van der Waals surface area contributed by atoms with Crippen LogP contribution in [-0.4, -0.2) is 17.7 Å². The average molecular weight is 133 g/mol. The fraction of sp³-hybridized carbons (Fsp3) is 0.250. The molecule has 0 aliphatic carbocycles. The first-order valence-corrected chi connectivity index (χ1v) is 2.15. The number of hydrogen-bond acceptors (Lipinski definition) is 4. The molecule has 0 aromatic heterocycles. The molecule has 0 saturated heterocycles. The quantitative estimate of drug-likeness (QED) is 0.152. The van der Waals surface area contributed by atoms with Gasteiger partial charge in [-0.15, -0.1) is 0 Å². The van der Waals surface area contributed by atoms with Gasteiger partial charge in [0, 0.05) is 0 Å². The molecule has 0 aromatic carbocycles. The summed E-state index contributed by atoms with van der Waals surface area (Å²) in [5, 5.41) is 10.1. The maximum absolute atomic E-state index is 10.0. The predicted octanol–water partition coefficient (Wildman–Crippen LogP) is -1.94. The highest BCUT2D eigenvalue weighted by Gasteiger charge is 1.84. The summed E-state index contributed by atoms with van der Waals surface area (Å²) in [5.74, 6) is 7.64. The Labute approximate surface area is 53.3 Å². The number of aliphatic hydroxyl groups is 1. The van der Waals surface area contributed by atoms with E-state index >= 15 is 0 Å². The standard InChI is InChI=1S/C4H7NO2.H4N2/c1-2-4(7)5-3-6;1-2/h2,6H,1,3H2,(H,5,7);1-2H2. The molecule has 0 aliphatic heterocycles. The van der Waals surface area contributed by atoms with Crippen molar-refractivity contribution in [2.45, 2.75) is 0 Å². The summed E-state index contributed by atoms with van der Waals surface area (Å²) < 4.78 is 0. The molecule has 0 radical (unpaired) electrons. The highest BCUT2D eigenvalue weighted by Crippen LogP contribution is 1.59. The van der Waals surface area contributed by atoms with Crippen LogP contribution < -0.4 is 17.0 Å². The van der Waals surface area contributed by atoms with E-state index in [-0.39, 0.29) is 12.6 Å². The first kappa shape index (κ1) is 11.0. The molecule has 0 spiro atoms. The molecule has 0 aliphatic rings. The molecule has 0 unspecified atom stereocenters. The van der Waals surface area contributed by atoms with E-state index in [0.29, 0.717) is 0 Å². The number of carbonyl (C=O) groups is 1. The third-order valence-corrected chi connectivity index (χ3v) is 0.439. The van der Waals surface area contributed by atoms with Crippen LogP contribution in [0.1, 0.15) is 0 Å². The second-order valence-electron chi connectivity index (χ2n) is 0.903. The lowest BCUT2D eigenvalue weighted by Gasteiger charge is -1.89. The van der Waals surface area contributed by atoms with E-state index in [9.17, 15) is 4.79 Å². The molecule has 0 heterocycles. The molecule has 5 heteroatoms. The second-order valence-corrected chi connectivity index (χ2v) is 0.903. The lowest BCUT2D eigenvalue weighted by Crippen LogP contribution is -2.20. The predicted molar refractivity (Wildman–Crippen MR) is 33.8 cm³/mol. The van der Waals surface area contributed by atoms with Crippen LogP contribution in [0.15, 0.2) is 12.7 Å². The van der Waals surface area contributed by atoms with Gasteiger partial charge in [0.1, 0.15) is 6.73 Å². The molecule has 6 N–H and O–H groups in total. The number of hydrogen-bond donors (Lipinski definition) is 4. The van der Waals surface area contributed by atoms with Gasteiger partial charge in [-0.05, 0) is 6.08 Å². The van der Waals surface area contributed by atoms with Crippen molar-refractivity contribution in [2.24, 2.45) is 11.7 Å². The number of nitrogens with one attached hydrogen (secondary N) is 1. The Hall–Kier alpha value is -0.910. The Morgan fingerprint density at radius 1 is 1.78 bits per heavy atom. The summed E-state index contributed by atoms with van der Waals surface area (Å²) in [6, 6.07) is 0. The lowest BCUT2D eigenvalue weighted by molar-refractivity contribution is -0.117. The minimum atomic E-state index is -0.359. The molecule has 0 atom stereocenters. The van der Waals surface area contributed by atoms with Gasteiger partial charge in [-0.3, -0.25) is 16.5 Å². The number of carbonyl (C=O) groups excluding carboxylic acids is 1. The topological polar surface area (TPSA) is 101 Å².